The highest BCUT2D eigenvalue weighted by Crippen LogP contribution is 2.46. The van der Waals surface area contributed by atoms with Gasteiger partial charge in [0.15, 0.2) is 17.2 Å². The molecule has 9 nitrogen and oxygen atoms in total. The molecule has 0 radical (unpaired) electrons. The van der Waals surface area contributed by atoms with Gasteiger partial charge in [-0.05, 0) is 65.2 Å². The monoisotopic (exact) mass is 1090 g/mol. The number of ether oxygens (including phenoxy) is 7. The van der Waals surface area contributed by atoms with E-state index in [0.29, 0.717) is 36.9 Å². The first kappa shape index (κ1) is 58.5. The molecule has 412 valence electrons. The maximum absolute atomic E-state index is 7.74. The lowest BCUT2D eigenvalue weighted by molar-refractivity contribution is -0.203. The zero-order valence-electron chi connectivity index (χ0n) is 47.2. The summed E-state index contributed by atoms with van der Waals surface area (Å²) >= 11 is 0. The molecule has 79 heavy (non-hydrogen) atoms. The van der Waals surface area contributed by atoms with Gasteiger partial charge in [0, 0.05) is 6.42 Å². The first-order valence-electron chi connectivity index (χ1n) is 27.3. The Morgan fingerprint density at radius 2 is 0.722 bits per heavy atom. The molecule has 8 aromatic carbocycles. The van der Waals surface area contributed by atoms with Gasteiger partial charge < -0.3 is 42.0 Å². The van der Waals surface area contributed by atoms with Gasteiger partial charge >= 0.3 is 8.32 Å². The zero-order valence-corrected chi connectivity index (χ0v) is 49.2. The lowest BCUT2D eigenvalue weighted by Crippen LogP contribution is -2.68. The molecule has 0 aliphatic rings. The van der Waals surface area contributed by atoms with Crippen LogP contribution in [0.15, 0.2) is 224 Å². The van der Waals surface area contributed by atoms with Crippen LogP contribution in [-0.4, -0.2) is 69.4 Å². The zero-order chi connectivity index (χ0) is 55.6. The minimum Gasteiger partial charge on any atom is -0.529 e. The maximum atomic E-state index is 7.74. The molecule has 0 bridgehead atoms. The highest BCUT2D eigenvalue weighted by Gasteiger charge is 2.54. The Labute approximate surface area is 471 Å². The molecule has 3 atom stereocenters. The molecule has 8 aromatic rings. The Balaban J connectivity index is 1.24. The van der Waals surface area contributed by atoms with E-state index in [1.54, 1.807) is 14.2 Å². The van der Waals surface area contributed by atoms with Crippen LogP contribution >= 0.6 is 0 Å². The maximum Gasteiger partial charge on any atom is 0.320 e. The van der Waals surface area contributed by atoms with Crippen molar-refractivity contribution in [3.8, 4) is 17.2 Å². The fourth-order valence-electron chi connectivity index (χ4n) is 10.6. The highest BCUT2D eigenvalue weighted by atomic mass is 28.4. The largest absolute Gasteiger partial charge is 0.529 e. The van der Waals surface area contributed by atoms with Crippen LogP contribution in [0.5, 0.6) is 17.2 Å². The highest BCUT2D eigenvalue weighted by molar-refractivity contribution is 7.00. The van der Waals surface area contributed by atoms with E-state index in [1.165, 1.54) is 0 Å². The molecule has 0 spiro atoms. The molecular weight excluding hydrogens is 1020 g/mol. The first-order valence-corrected chi connectivity index (χ1v) is 31.1. The van der Waals surface area contributed by atoms with Gasteiger partial charge in [0.2, 0.25) is 0 Å². The van der Waals surface area contributed by atoms with Crippen molar-refractivity contribution in [2.75, 3.05) is 34.4 Å². The van der Waals surface area contributed by atoms with Crippen molar-refractivity contribution in [1.29, 1.82) is 0 Å². The molecule has 0 amide bonds. The number of hydrogen-bond acceptors (Lipinski definition) is 9. The molecule has 0 unspecified atom stereocenters. The second kappa shape index (κ2) is 28.0. The SMILES string of the molecule is COc1cc(C[C@@H](OCOCc2ccccc2)[C@H](OCc2ccccc2)[C@H](CO[Si](c2ccccc2)(c2ccccc2)C(C)(C)C)OCOCc2ccccc2)cc(OC)c1O[Si](c1ccccc1)(c1ccccc1)C(C)(C)C. The fourth-order valence-corrected chi connectivity index (χ4v) is 19.6. The van der Waals surface area contributed by atoms with Gasteiger partial charge in [-0.3, -0.25) is 0 Å². The summed E-state index contributed by atoms with van der Waals surface area (Å²) < 4.78 is 62.1. The fraction of sp³-hybridized carbons (Fsp3) is 0.294. The summed E-state index contributed by atoms with van der Waals surface area (Å²) in [7, 11) is -2.92. The van der Waals surface area contributed by atoms with Crippen LogP contribution in [0.1, 0.15) is 63.8 Å². The van der Waals surface area contributed by atoms with Crippen LogP contribution in [0.2, 0.25) is 10.1 Å². The molecule has 0 N–H and O–H groups in total. The summed E-state index contributed by atoms with van der Waals surface area (Å²) in [6.45, 7) is 14.6. The summed E-state index contributed by atoms with van der Waals surface area (Å²) in [6.07, 6.45) is -1.87. The lowest BCUT2D eigenvalue weighted by atomic mass is 9.99. The summed E-state index contributed by atoms with van der Waals surface area (Å²) in [5.74, 6) is 1.58. The van der Waals surface area contributed by atoms with Gasteiger partial charge in [-0.15, -0.1) is 0 Å². The van der Waals surface area contributed by atoms with E-state index in [0.717, 1.165) is 43.0 Å². The topological polar surface area (TPSA) is 83.1 Å². The Morgan fingerprint density at radius 3 is 1.09 bits per heavy atom. The predicted octanol–water partition coefficient (Wildman–Crippen LogP) is 12.5. The van der Waals surface area contributed by atoms with E-state index in [9.17, 15) is 0 Å². The summed E-state index contributed by atoms with van der Waals surface area (Å²) in [5, 5.41) is 3.90. The Morgan fingerprint density at radius 1 is 0.380 bits per heavy atom. The molecule has 0 aromatic heterocycles. The van der Waals surface area contributed by atoms with Gasteiger partial charge in [0.25, 0.3) is 8.32 Å². The molecule has 0 heterocycles. The third kappa shape index (κ3) is 14.6. The Hall–Kier alpha value is -6.65. The number of rotatable bonds is 28. The van der Waals surface area contributed by atoms with Crippen molar-refractivity contribution in [2.24, 2.45) is 0 Å². The average Bonchev–Trinajstić information content (AvgIpc) is 3.65. The van der Waals surface area contributed by atoms with E-state index in [4.69, 9.17) is 42.0 Å². The van der Waals surface area contributed by atoms with Gasteiger partial charge in [0.05, 0.1) is 46.8 Å². The lowest BCUT2D eigenvalue weighted by Gasteiger charge is -2.44. The molecule has 11 heteroatoms. The van der Waals surface area contributed by atoms with Crippen LogP contribution < -0.4 is 34.6 Å². The number of benzene rings is 8. The van der Waals surface area contributed by atoms with Crippen molar-refractivity contribution in [1.82, 2.24) is 0 Å². The molecule has 0 saturated heterocycles. The van der Waals surface area contributed by atoms with Crippen molar-refractivity contribution in [3.63, 3.8) is 0 Å². The van der Waals surface area contributed by atoms with Gasteiger partial charge in [-0.25, -0.2) is 0 Å². The standard InChI is InChI=1S/C68H78O9Si2/c1-67(2,3)78(57-36-22-12-23-37-57,58-38-24-13-25-39-58)76-50-64(75-52-72-48-54-32-18-10-19-33-54)65(73-49-55-34-20-11-21-35-55)63(74-51-71-47-53-30-16-9-17-31-53)46-56-44-61(69-7)66(62(45-56)70-8)77-79(68(4,5)6,59-40-26-14-27-41-59)60-42-28-15-29-43-60/h9-45,63-65H,46-52H2,1-8H3/t63-,64+,65+/m1/s1. The van der Waals surface area contributed by atoms with Crippen molar-refractivity contribution >= 4 is 37.4 Å². The summed E-state index contributed by atoms with van der Waals surface area (Å²) in [5.41, 5.74) is 3.91. The van der Waals surface area contributed by atoms with Gasteiger partial charge in [0.1, 0.15) is 25.8 Å². The second-order valence-electron chi connectivity index (χ2n) is 21.8. The van der Waals surface area contributed by atoms with E-state index >= 15 is 0 Å². The van der Waals surface area contributed by atoms with Gasteiger partial charge in [-0.1, -0.05) is 254 Å². The first-order chi connectivity index (χ1) is 38.4. The third-order valence-corrected chi connectivity index (χ3v) is 24.4. The Kier molecular flexibility index (Phi) is 20.7. The minimum absolute atomic E-state index is 0.0397. The number of methoxy groups -OCH3 is 2. The molecule has 0 fully saturated rings. The molecular formula is C68H78O9Si2. The normalized spacial score (nSPS) is 13.3. The van der Waals surface area contributed by atoms with Crippen LogP contribution in [0.25, 0.3) is 0 Å². The van der Waals surface area contributed by atoms with E-state index in [2.05, 4.69) is 163 Å². The summed E-state index contributed by atoms with van der Waals surface area (Å²) in [6, 6.07) is 76.8. The summed E-state index contributed by atoms with van der Waals surface area (Å²) in [4.78, 5) is 0. The van der Waals surface area contributed by atoms with Crippen LogP contribution in [0, 0.1) is 0 Å². The van der Waals surface area contributed by atoms with E-state index in [-0.39, 0.29) is 36.9 Å². The quantitative estimate of drug-likeness (QED) is 0.0271. The minimum atomic E-state index is -3.15. The Bertz CT molecular complexity index is 2910. The third-order valence-electron chi connectivity index (χ3n) is 14.5. The molecule has 0 aliphatic heterocycles. The van der Waals surface area contributed by atoms with E-state index < -0.39 is 34.9 Å². The van der Waals surface area contributed by atoms with Crippen LogP contribution in [-0.2, 0) is 54.4 Å². The van der Waals surface area contributed by atoms with E-state index in [1.807, 2.05) is 103 Å². The van der Waals surface area contributed by atoms with Crippen molar-refractivity contribution < 1.29 is 42.0 Å². The smallest absolute Gasteiger partial charge is 0.320 e. The van der Waals surface area contributed by atoms with Crippen LogP contribution in [0.4, 0.5) is 0 Å². The second-order valence-corrected chi connectivity index (χ2v) is 30.4. The van der Waals surface area contributed by atoms with Crippen molar-refractivity contribution in [3.05, 3.63) is 247 Å². The average molecular weight is 1100 g/mol. The predicted molar refractivity (Wildman–Crippen MR) is 322 cm³/mol. The molecule has 8 rings (SSSR count). The van der Waals surface area contributed by atoms with Gasteiger partial charge in [-0.2, -0.15) is 0 Å². The van der Waals surface area contributed by atoms with Crippen molar-refractivity contribution in [2.45, 2.75) is 96.2 Å². The number of hydrogen-bond donors (Lipinski definition) is 0. The molecule has 0 saturated carbocycles. The molecule has 0 aliphatic carbocycles. The van der Waals surface area contributed by atoms with Crippen LogP contribution in [0.3, 0.4) is 0 Å².